The molecule has 0 fully saturated rings. The molecule has 0 bridgehead atoms. The molecule has 0 radical (unpaired) electrons. The summed E-state index contributed by atoms with van der Waals surface area (Å²) in [6.07, 6.45) is 1.50. The summed E-state index contributed by atoms with van der Waals surface area (Å²) in [4.78, 5) is 17.7. The molecule has 0 N–H and O–H groups in total. The Kier molecular flexibility index (Phi) is 3.38. The Bertz CT molecular complexity index is 1140. The van der Waals surface area contributed by atoms with Gasteiger partial charge < -0.3 is 4.74 Å². The number of imidazole rings is 1. The third-order valence-electron chi connectivity index (χ3n) is 4.25. The van der Waals surface area contributed by atoms with Crippen LogP contribution in [0.5, 0.6) is 5.88 Å². The number of pyridine rings is 2. The van der Waals surface area contributed by atoms with E-state index in [0.29, 0.717) is 17.4 Å². The quantitative estimate of drug-likeness (QED) is 0.525. The molecule has 0 aliphatic heterocycles. The highest BCUT2D eigenvalue weighted by Gasteiger charge is 2.19. The summed E-state index contributed by atoms with van der Waals surface area (Å²) in [5.41, 5.74) is 5.44. The van der Waals surface area contributed by atoms with Crippen LogP contribution in [0.15, 0.2) is 24.4 Å². The fourth-order valence-electron chi connectivity index (χ4n) is 3.12. The van der Waals surface area contributed by atoms with Crippen molar-refractivity contribution in [3.05, 3.63) is 47.3 Å². The van der Waals surface area contributed by atoms with Gasteiger partial charge in [0.2, 0.25) is 11.8 Å². The van der Waals surface area contributed by atoms with Crippen LogP contribution in [0, 0.1) is 26.7 Å². The number of hydrogen-bond acceptors (Lipinski definition) is 5. The van der Waals surface area contributed by atoms with Gasteiger partial charge in [-0.3, -0.25) is 4.40 Å². The third-order valence-corrected chi connectivity index (χ3v) is 4.25. The Labute approximate surface area is 143 Å². The Morgan fingerprint density at radius 2 is 1.80 bits per heavy atom. The lowest BCUT2D eigenvalue weighted by molar-refractivity contribution is 0.399. The number of methoxy groups -OCH3 is 1. The van der Waals surface area contributed by atoms with E-state index < -0.39 is 5.95 Å². The molecular weight excluding hydrogens is 321 g/mol. The molecular formula is C18H16FN5O. The van der Waals surface area contributed by atoms with Crippen molar-refractivity contribution in [1.29, 1.82) is 0 Å². The molecule has 6 nitrogen and oxygen atoms in total. The molecule has 0 unspecified atom stereocenters. The minimum absolute atomic E-state index is 0.491. The smallest absolute Gasteiger partial charge is 0.215 e. The van der Waals surface area contributed by atoms with Gasteiger partial charge in [0.1, 0.15) is 11.3 Å². The van der Waals surface area contributed by atoms with Crippen LogP contribution in [-0.2, 0) is 0 Å². The number of ether oxygens (including phenoxy) is 1. The van der Waals surface area contributed by atoms with Gasteiger partial charge in [0.15, 0.2) is 5.65 Å². The van der Waals surface area contributed by atoms with Crippen molar-refractivity contribution in [3.63, 3.8) is 0 Å². The first-order chi connectivity index (χ1) is 12.0. The van der Waals surface area contributed by atoms with Gasteiger partial charge in [-0.1, -0.05) is 0 Å². The maximum atomic E-state index is 13.4. The van der Waals surface area contributed by atoms with Crippen molar-refractivity contribution in [2.45, 2.75) is 20.8 Å². The zero-order chi connectivity index (χ0) is 17.7. The summed E-state index contributed by atoms with van der Waals surface area (Å²) < 4.78 is 20.6. The normalized spacial score (nSPS) is 11.4. The predicted molar refractivity (Wildman–Crippen MR) is 92.2 cm³/mol. The first-order valence-electron chi connectivity index (χ1n) is 7.82. The molecule has 7 heteroatoms. The highest BCUT2D eigenvalue weighted by molar-refractivity contribution is 5.81. The van der Waals surface area contributed by atoms with E-state index in [1.807, 2.05) is 31.2 Å². The molecule has 0 spiro atoms. The van der Waals surface area contributed by atoms with Crippen molar-refractivity contribution in [3.8, 4) is 17.3 Å². The number of rotatable bonds is 2. The van der Waals surface area contributed by atoms with Crippen LogP contribution in [0.2, 0.25) is 0 Å². The standard InChI is InChI=1S/C18H16FN5O/c1-9-7-14(19)20-8-12(9)17-22-11(3)16-10(2)21-13-5-6-15(25-4)23-18(13)24(16)17/h5-8H,1-4H3. The Morgan fingerprint density at radius 1 is 1.04 bits per heavy atom. The van der Waals surface area contributed by atoms with E-state index in [-0.39, 0.29) is 0 Å². The van der Waals surface area contributed by atoms with E-state index in [4.69, 9.17) is 9.72 Å². The number of hydrogen-bond donors (Lipinski definition) is 0. The molecule has 126 valence electrons. The zero-order valence-corrected chi connectivity index (χ0v) is 14.3. The number of aromatic nitrogens is 5. The van der Waals surface area contributed by atoms with Gasteiger partial charge >= 0.3 is 0 Å². The van der Waals surface area contributed by atoms with E-state index in [1.54, 1.807) is 13.2 Å². The minimum atomic E-state index is -0.513. The molecule has 4 heterocycles. The molecule has 0 aliphatic carbocycles. The first-order valence-corrected chi connectivity index (χ1v) is 7.82. The van der Waals surface area contributed by atoms with Crippen LogP contribution in [-0.4, -0.2) is 31.4 Å². The average molecular weight is 337 g/mol. The Hall–Kier alpha value is -3.09. The third kappa shape index (κ3) is 2.31. The van der Waals surface area contributed by atoms with E-state index in [1.165, 1.54) is 12.3 Å². The zero-order valence-electron chi connectivity index (χ0n) is 14.3. The molecule has 0 aromatic carbocycles. The lowest BCUT2D eigenvalue weighted by Gasteiger charge is -2.09. The molecule has 4 aromatic heterocycles. The van der Waals surface area contributed by atoms with Crippen molar-refractivity contribution >= 4 is 16.7 Å². The predicted octanol–water partition coefficient (Wildman–Crippen LogP) is 3.41. The summed E-state index contributed by atoms with van der Waals surface area (Å²) in [5, 5.41) is 0. The second-order valence-corrected chi connectivity index (χ2v) is 5.92. The van der Waals surface area contributed by atoms with E-state index in [0.717, 1.165) is 33.5 Å². The second kappa shape index (κ2) is 5.47. The molecule has 4 aromatic rings. The van der Waals surface area contributed by atoms with Gasteiger partial charge in [-0.05, 0) is 38.5 Å². The van der Waals surface area contributed by atoms with Crippen LogP contribution in [0.25, 0.3) is 28.1 Å². The number of halogens is 1. The van der Waals surface area contributed by atoms with Gasteiger partial charge in [0, 0.05) is 17.8 Å². The van der Waals surface area contributed by atoms with E-state index in [9.17, 15) is 4.39 Å². The van der Waals surface area contributed by atoms with Crippen LogP contribution in [0.4, 0.5) is 4.39 Å². The highest BCUT2D eigenvalue weighted by Crippen LogP contribution is 2.29. The highest BCUT2D eigenvalue weighted by atomic mass is 19.1. The molecule has 4 rings (SSSR count). The fraction of sp³-hybridized carbons (Fsp3) is 0.222. The SMILES string of the molecule is COc1ccc2nc(C)c3c(C)nc(-c4cnc(F)cc4C)n3c2n1. The largest absolute Gasteiger partial charge is 0.481 e. The van der Waals surface area contributed by atoms with Crippen LogP contribution < -0.4 is 4.74 Å². The lowest BCUT2D eigenvalue weighted by Crippen LogP contribution is -2.01. The number of aryl methyl sites for hydroxylation is 3. The summed E-state index contributed by atoms with van der Waals surface area (Å²) in [6, 6.07) is 5.03. The van der Waals surface area contributed by atoms with Gasteiger partial charge in [-0.25, -0.2) is 15.0 Å². The topological polar surface area (TPSA) is 65.2 Å². The van der Waals surface area contributed by atoms with Crippen LogP contribution in [0.3, 0.4) is 0 Å². The van der Waals surface area contributed by atoms with Gasteiger partial charge in [0.05, 0.1) is 24.0 Å². The van der Waals surface area contributed by atoms with E-state index >= 15 is 0 Å². The number of nitrogens with zero attached hydrogens (tertiary/aromatic N) is 5. The second-order valence-electron chi connectivity index (χ2n) is 5.92. The van der Waals surface area contributed by atoms with Crippen molar-refractivity contribution < 1.29 is 9.13 Å². The first kappa shape index (κ1) is 15.4. The fourth-order valence-corrected chi connectivity index (χ4v) is 3.12. The van der Waals surface area contributed by atoms with Gasteiger partial charge in [-0.2, -0.15) is 9.37 Å². The van der Waals surface area contributed by atoms with Crippen molar-refractivity contribution in [2.24, 2.45) is 0 Å². The van der Waals surface area contributed by atoms with Crippen LogP contribution in [0.1, 0.15) is 17.0 Å². The summed E-state index contributed by atoms with van der Waals surface area (Å²) in [5.74, 6) is 0.640. The Balaban J connectivity index is 2.18. The molecule has 25 heavy (non-hydrogen) atoms. The molecule has 0 amide bonds. The lowest BCUT2D eigenvalue weighted by atomic mass is 10.1. The van der Waals surface area contributed by atoms with Crippen molar-refractivity contribution in [1.82, 2.24) is 24.3 Å². The van der Waals surface area contributed by atoms with E-state index in [2.05, 4.69) is 15.0 Å². The van der Waals surface area contributed by atoms with Gasteiger partial charge in [-0.15, -0.1) is 0 Å². The summed E-state index contributed by atoms with van der Waals surface area (Å²) in [6.45, 7) is 5.69. The minimum Gasteiger partial charge on any atom is -0.481 e. The summed E-state index contributed by atoms with van der Waals surface area (Å²) >= 11 is 0. The Morgan fingerprint density at radius 3 is 2.52 bits per heavy atom. The van der Waals surface area contributed by atoms with Crippen LogP contribution >= 0.6 is 0 Å². The maximum Gasteiger partial charge on any atom is 0.215 e. The molecule has 0 saturated carbocycles. The number of fused-ring (bicyclic) bond motifs is 3. The molecule has 0 saturated heterocycles. The maximum absolute atomic E-state index is 13.4. The molecule has 0 atom stereocenters. The van der Waals surface area contributed by atoms with Crippen molar-refractivity contribution in [2.75, 3.05) is 7.11 Å². The monoisotopic (exact) mass is 337 g/mol. The molecule has 0 aliphatic rings. The summed E-state index contributed by atoms with van der Waals surface area (Å²) in [7, 11) is 1.57. The van der Waals surface area contributed by atoms with Gasteiger partial charge in [0.25, 0.3) is 0 Å². The average Bonchev–Trinajstić information content (AvgIpc) is 2.93.